The molecule has 0 fully saturated rings. The fourth-order valence-electron chi connectivity index (χ4n) is 2.96. The number of amides is 1. The molecule has 1 aliphatic heterocycles. The lowest BCUT2D eigenvalue weighted by Gasteiger charge is -2.28. The van der Waals surface area contributed by atoms with Crippen molar-refractivity contribution in [2.24, 2.45) is 16.1 Å². The van der Waals surface area contributed by atoms with Crippen LogP contribution >= 0.6 is 0 Å². The van der Waals surface area contributed by atoms with Crippen LogP contribution in [0.5, 0.6) is 0 Å². The van der Waals surface area contributed by atoms with Crippen LogP contribution in [-0.4, -0.2) is 22.7 Å². The Hall–Kier alpha value is -2.40. The fourth-order valence-corrected chi connectivity index (χ4v) is 2.96. The molecular formula is C20H24F3N3O2. The number of aliphatic hydroxyl groups excluding tert-OH is 1. The highest BCUT2D eigenvalue weighted by Gasteiger charge is 2.39. The molecule has 5 nitrogen and oxygen atoms in total. The van der Waals surface area contributed by atoms with Crippen molar-refractivity contribution in [1.82, 2.24) is 5.32 Å². The van der Waals surface area contributed by atoms with E-state index in [-0.39, 0.29) is 23.8 Å². The van der Waals surface area contributed by atoms with Crippen molar-refractivity contribution < 1.29 is 23.1 Å². The maximum Gasteiger partial charge on any atom is 0.416 e. The molecule has 1 heterocycles. The number of halogens is 3. The quantitative estimate of drug-likeness (QED) is 0.614. The highest BCUT2D eigenvalue weighted by molar-refractivity contribution is 5.76. The summed E-state index contributed by atoms with van der Waals surface area (Å²) < 4.78 is 38.8. The minimum Gasteiger partial charge on any atom is -0.386 e. The number of terminal acetylenes is 1. The molecule has 2 unspecified atom stereocenters. The molecule has 2 N–H and O–H groups in total. The number of rotatable bonds is 9. The third-order valence-electron chi connectivity index (χ3n) is 4.75. The van der Waals surface area contributed by atoms with E-state index in [4.69, 9.17) is 6.42 Å². The van der Waals surface area contributed by atoms with E-state index in [9.17, 15) is 23.1 Å². The molecule has 0 spiro atoms. The molecule has 1 aliphatic rings. The predicted molar refractivity (Wildman–Crippen MR) is 98.1 cm³/mol. The normalized spacial score (nSPS) is 17.1. The molecule has 1 aromatic rings. The number of nitrogens with one attached hydrogen (secondary N) is 1. The molecule has 8 heteroatoms. The Balaban J connectivity index is 2.01. The second-order valence-electron chi connectivity index (χ2n) is 7.29. The van der Waals surface area contributed by atoms with Crippen molar-refractivity contribution >= 4 is 5.91 Å². The Morgan fingerprint density at radius 2 is 2.00 bits per heavy atom. The monoisotopic (exact) mass is 395 g/mol. The van der Waals surface area contributed by atoms with E-state index in [1.54, 1.807) is 13.8 Å². The predicted octanol–water partition coefficient (Wildman–Crippen LogP) is 4.24. The minimum atomic E-state index is -4.50. The molecule has 0 radical (unpaired) electrons. The zero-order chi connectivity index (χ0) is 20.9. The van der Waals surface area contributed by atoms with Gasteiger partial charge in [0.15, 0.2) is 5.66 Å². The van der Waals surface area contributed by atoms with E-state index in [0.29, 0.717) is 19.3 Å². The van der Waals surface area contributed by atoms with E-state index >= 15 is 0 Å². The minimum absolute atomic E-state index is 0.103. The topological polar surface area (TPSA) is 74.0 Å². The summed E-state index contributed by atoms with van der Waals surface area (Å²) in [6.45, 7) is 3.56. The van der Waals surface area contributed by atoms with Crippen LogP contribution in [0.2, 0.25) is 0 Å². The molecule has 152 valence electrons. The number of hydrogen-bond acceptors (Lipinski definition) is 4. The highest BCUT2D eigenvalue weighted by atomic mass is 19.4. The lowest BCUT2D eigenvalue weighted by atomic mass is 9.92. The summed E-state index contributed by atoms with van der Waals surface area (Å²) in [5, 5.41) is 21.3. The summed E-state index contributed by atoms with van der Waals surface area (Å²) in [5.74, 6) is 2.00. The Morgan fingerprint density at radius 1 is 1.32 bits per heavy atom. The second kappa shape index (κ2) is 8.74. The summed E-state index contributed by atoms with van der Waals surface area (Å²) in [6, 6.07) is 3.77. The van der Waals surface area contributed by atoms with Crippen molar-refractivity contribution in [3.8, 4) is 12.3 Å². The first kappa shape index (κ1) is 21.9. The Morgan fingerprint density at radius 3 is 2.54 bits per heavy atom. The number of nitrogens with zero attached hydrogens (tertiary/aromatic N) is 2. The maximum atomic E-state index is 12.9. The average Bonchev–Trinajstić information content (AvgIpc) is 3.42. The maximum absolute atomic E-state index is 12.9. The molecule has 1 aromatic carbocycles. The number of carbonyl (C=O) groups is 1. The third-order valence-corrected chi connectivity index (χ3v) is 4.75. The van der Waals surface area contributed by atoms with Gasteiger partial charge < -0.3 is 10.4 Å². The van der Waals surface area contributed by atoms with Crippen LogP contribution in [-0.2, 0) is 11.0 Å². The van der Waals surface area contributed by atoms with Crippen LogP contribution < -0.4 is 5.32 Å². The molecule has 0 bridgehead atoms. The van der Waals surface area contributed by atoms with Crippen LogP contribution in [0.25, 0.3) is 0 Å². The van der Waals surface area contributed by atoms with Crippen LogP contribution in [0.3, 0.4) is 0 Å². The lowest BCUT2D eigenvalue weighted by molar-refractivity contribution is -0.137. The van der Waals surface area contributed by atoms with Gasteiger partial charge in [-0.15, -0.1) is 12.3 Å². The van der Waals surface area contributed by atoms with Crippen molar-refractivity contribution in [2.75, 3.05) is 0 Å². The molecular weight excluding hydrogens is 371 g/mol. The Bertz CT molecular complexity index is 763. The van der Waals surface area contributed by atoms with Gasteiger partial charge in [-0.25, -0.2) is 0 Å². The van der Waals surface area contributed by atoms with Crippen LogP contribution in [0.4, 0.5) is 13.2 Å². The molecule has 0 aliphatic carbocycles. The van der Waals surface area contributed by atoms with E-state index in [2.05, 4.69) is 21.5 Å². The van der Waals surface area contributed by atoms with Gasteiger partial charge in [0.25, 0.3) is 0 Å². The van der Waals surface area contributed by atoms with E-state index < -0.39 is 29.5 Å². The zero-order valence-electron chi connectivity index (χ0n) is 15.8. The first-order chi connectivity index (χ1) is 13.1. The van der Waals surface area contributed by atoms with Crippen LogP contribution in [0, 0.1) is 18.3 Å². The summed E-state index contributed by atoms with van der Waals surface area (Å²) >= 11 is 0. The average molecular weight is 395 g/mol. The molecule has 0 aromatic heterocycles. The summed E-state index contributed by atoms with van der Waals surface area (Å²) in [7, 11) is 0. The van der Waals surface area contributed by atoms with Crippen molar-refractivity contribution in [3.05, 3.63) is 35.4 Å². The van der Waals surface area contributed by atoms with Crippen molar-refractivity contribution in [2.45, 2.75) is 63.5 Å². The number of hydrogen-bond donors (Lipinski definition) is 2. The molecule has 2 atom stereocenters. The van der Waals surface area contributed by atoms with Gasteiger partial charge in [-0.2, -0.15) is 23.4 Å². The molecule has 1 amide bonds. The van der Waals surface area contributed by atoms with Gasteiger partial charge in [-0.3, -0.25) is 4.79 Å². The molecule has 0 saturated heterocycles. The lowest BCUT2D eigenvalue weighted by Crippen LogP contribution is -2.43. The first-order valence-corrected chi connectivity index (χ1v) is 9.10. The van der Waals surface area contributed by atoms with E-state index in [1.807, 2.05) is 0 Å². The van der Waals surface area contributed by atoms with Gasteiger partial charge in [0.1, 0.15) is 0 Å². The van der Waals surface area contributed by atoms with Crippen molar-refractivity contribution in [1.29, 1.82) is 0 Å². The van der Waals surface area contributed by atoms with E-state index in [1.165, 1.54) is 12.1 Å². The van der Waals surface area contributed by atoms with E-state index in [0.717, 1.165) is 12.1 Å². The summed E-state index contributed by atoms with van der Waals surface area (Å²) in [5.41, 5.74) is -1.33. The number of benzene rings is 1. The van der Waals surface area contributed by atoms with Gasteiger partial charge in [0, 0.05) is 25.7 Å². The smallest absolute Gasteiger partial charge is 0.386 e. The number of alkyl halides is 3. The standard InChI is InChI=1S/C20H24F3N3O2/c1-4-5-10-19(25-26-19)11-9-16(27)24-17(13(2)3)18(28)14-7-6-8-15(12-14)20(21,22)23/h1,6-8,12-13,17-18,28H,5,9-11H2,2-3H3,(H,24,27). The van der Waals surface area contributed by atoms with Gasteiger partial charge in [-0.1, -0.05) is 26.0 Å². The van der Waals surface area contributed by atoms with Gasteiger partial charge in [0.2, 0.25) is 5.91 Å². The van der Waals surface area contributed by atoms with Gasteiger partial charge >= 0.3 is 6.18 Å². The molecule has 28 heavy (non-hydrogen) atoms. The van der Waals surface area contributed by atoms with Crippen LogP contribution in [0.1, 0.15) is 56.8 Å². The van der Waals surface area contributed by atoms with Gasteiger partial charge in [-0.05, 0) is 23.6 Å². The number of aliphatic hydroxyl groups is 1. The first-order valence-electron chi connectivity index (χ1n) is 9.10. The Labute approximate surface area is 162 Å². The van der Waals surface area contributed by atoms with Crippen molar-refractivity contribution in [3.63, 3.8) is 0 Å². The fraction of sp³-hybridized carbons (Fsp3) is 0.550. The largest absolute Gasteiger partial charge is 0.416 e. The summed E-state index contributed by atoms with van der Waals surface area (Å²) in [4.78, 5) is 12.3. The molecule has 0 saturated carbocycles. The van der Waals surface area contributed by atoms with Crippen LogP contribution in [0.15, 0.2) is 34.5 Å². The second-order valence-corrected chi connectivity index (χ2v) is 7.29. The highest BCUT2D eigenvalue weighted by Crippen LogP contribution is 2.37. The Kier molecular flexibility index (Phi) is 6.83. The SMILES string of the molecule is C#CCCC1(CCC(=O)NC(C(C)C)C(O)c2cccc(C(F)(F)F)c2)N=N1. The molecule has 2 rings (SSSR count). The third kappa shape index (κ3) is 5.80. The zero-order valence-corrected chi connectivity index (χ0v) is 15.8. The van der Waals surface area contributed by atoms with Gasteiger partial charge in [0.05, 0.1) is 17.7 Å². The number of carbonyl (C=O) groups excluding carboxylic acids is 1. The summed E-state index contributed by atoms with van der Waals surface area (Å²) in [6.07, 6.45) is 1.10.